The van der Waals surface area contributed by atoms with Crippen molar-refractivity contribution in [3.05, 3.63) is 76.5 Å². The van der Waals surface area contributed by atoms with Crippen LogP contribution in [0.15, 0.2) is 64.4 Å². The first-order valence-corrected chi connectivity index (χ1v) is 10.8. The molecule has 1 N–H and O–H groups in total. The molecule has 0 atom stereocenters. The summed E-state index contributed by atoms with van der Waals surface area (Å²) in [6, 6.07) is 12.9. The van der Waals surface area contributed by atoms with Crippen LogP contribution < -0.4 is 10.6 Å². The van der Waals surface area contributed by atoms with E-state index >= 15 is 0 Å². The Morgan fingerprint density at radius 2 is 1.76 bits per heavy atom. The molecule has 0 aliphatic rings. The molecule has 2 heterocycles. The average molecular weight is 475 g/mol. The third kappa shape index (κ3) is 4.43. The minimum Gasteiger partial charge on any atom is -0.493 e. The number of benzene rings is 2. The first kappa shape index (κ1) is 22.8. The number of anilines is 1. The number of halogens is 3. The van der Waals surface area contributed by atoms with Crippen molar-refractivity contribution in [2.45, 2.75) is 23.9 Å². The summed E-state index contributed by atoms with van der Waals surface area (Å²) in [5.41, 5.74) is -1.79. The summed E-state index contributed by atoms with van der Waals surface area (Å²) in [5.74, 6) is -0.263. The van der Waals surface area contributed by atoms with Gasteiger partial charge in [0.1, 0.15) is 0 Å². The molecule has 0 amide bonds. The fraction of sp³-hybridized carbons (Fsp3) is 0.217. The van der Waals surface area contributed by atoms with Crippen molar-refractivity contribution >= 4 is 28.4 Å². The number of thioether (sulfide) groups is 1. The van der Waals surface area contributed by atoms with Crippen LogP contribution in [0, 0.1) is 6.92 Å². The largest absolute Gasteiger partial charge is 0.493 e. The minimum absolute atomic E-state index is 0.00572. The summed E-state index contributed by atoms with van der Waals surface area (Å²) in [4.78, 5) is 19.7. The Balaban J connectivity index is 1.79. The Kier molecular flexibility index (Phi) is 5.87. The van der Waals surface area contributed by atoms with Gasteiger partial charge in [0.05, 0.1) is 35.3 Å². The second-order valence-corrected chi connectivity index (χ2v) is 8.83. The van der Waals surface area contributed by atoms with E-state index in [0.717, 1.165) is 26.7 Å². The number of fused-ring (bicyclic) bond motifs is 1. The number of aromatic nitrogens is 3. The van der Waals surface area contributed by atoms with E-state index in [1.807, 2.05) is 43.3 Å². The second kappa shape index (κ2) is 8.51. The SMILES string of the molecule is Cc1c(O)n(-c2ccc(SC(F)(F)F)cc2)c(=O)n1Cc1c(N(C)C)cnc2ccccc12. The Morgan fingerprint density at radius 3 is 2.39 bits per heavy atom. The number of rotatable bonds is 5. The summed E-state index contributed by atoms with van der Waals surface area (Å²) >= 11 is -0.237. The van der Waals surface area contributed by atoms with Gasteiger partial charge in [0, 0.05) is 29.9 Å². The van der Waals surface area contributed by atoms with E-state index < -0.39 is 11.2 Å². The smallest absolute Gasteiger partial charge is 0.446 e. The van der Waals surface area contributed by atoms with Gasteiger partial charge in [-0.25, -0.2) is 9.36 Å². The Labute approximate surface area is 191 Å². The van der Waals surface area contributed by atoms with E-state index in [2.05, 4.69) is 4.98 Å². The highest BCUT2D eigenvalue weighted by Gasteiger charge is 2.29. The molecular formula is C23H21F3N4O2S. The van der Waals surface area contributed by atoms with Gasteiger partial charge in [-0.2, -0.15) is 13.2 Å². The van der Waals surface area contributed by atoms with E-state index in [1.165, 1.54) is 28.8 Å². The molecule has 172 valence electrons. The van der Waals surface area contributed by atoms with E-state index in [9.17, 15) is 23.1 Å². The van der Waals surface area contributed by atoms with Crippen LogP contribution in [0.1, 0.15) is 11.3 Å². The summed E-state index contributed by atoms with van der Waals surface area (Å²) in [6.07, 6.45) is 1.74. The lowest BCUT2D eigenvalue weighted by Gasteiger charge is -2.19. The fourth-order valence-corrected chi connectivity index (χ4v) is 4.29. The molecule has 0 saturated carbocycles. The van der Waals surface area contributed by atoms with Crippen LogP contribution in [0.3, 0.4) is 0 Å². The molecule has 0 spiro atoms. The van der Waals surface area contributed by atoms with Crippen molar-refractivity contribution in [3.63, 3.8) is 0 Å². The van der Waals surface area contributed by atoms with Gasteiger partial charge >= 0.3 is 11.2 Å². The molecule has 4 rings (SSSR count). The topological polar surface area (TPSA) is 63.3 Å². The number of hydrogen-bond acceptors (Lipinski definition) is 5. The standard InChI is InChI=1S/C23H21F3N4O2S/c1-14-21(31)30(15-8-10-16(11-9-15)33-23(24,25)26)22(32)29(14)13-18-17-6-4-5-7-19(17)27-12-20(18)28(2)3/h4-12,31H,13H2,1-3H3. The maximum Gasteiger partial charge on any atom is 0.446 e. The zero-order valence-electron chi connectivity index (χ0n) is 18.1. The van der Waals surface area contributed by atoms with Gasteiger partial charge in [-0.1, -0.05) is 18.2 Å². The summed E-state index contributed by atoms with van der Waals surface area (Å²) in [7, 11) is 3.77. The monoisotopic (exact) mass is 474 g/mol. The highest BCUT2D eigenvalue weighted by Crippen LogP contribution is 2.37. The van der Waals surface area contributed by atoms with Gasteiger partial charge < -0.3 is 10.0 Å². The quantitative estimate of drug-likeness (QED) is 0.416. The molecule has 33 heavy (non-hydrogen) atoms. The van der Waals surface area contributed by atoms with Crippen LogP contribution in [-0.4, -0.2) is 38.8 Å². The Hall–Kier alpha value is -3.40. The maximum atomic E-state index is 13.3. The van der Waals surface area contributed by atoms with Crippen molar-refractivity contribution in [3.8, 4) is 11.6 Å². The van der Waals surface area contributed by atoms with Crippen LogP contribution in [-0.2, 0) is 6.54 Å². The van der Waals surface area contributed by atoms with Crippen LogP contribution >= 0.6 is 11.8 Å². The van der Waals surface area contributed by atoms with Gasteiger partial charge in [-0.3, -0.25) is 9.55 Å². The van der Waals surface area contributed by atoms with Gasteiger partial charge in [0.2, 0.25) is 5.88 Å². The molecule has 6 nitrogen and oxygen atoms in total. The number of pyridine rings is 1. The number of hydrogen-bond donors (Lipinski definition) is 1. The molecule has 2 aromatic carbocycles. The molecule has 0 bridgehead atoms. The lowest BCUT2D eigenvalue weighted by Crippen LogP contribution is -2.25. The van der Waals surface area contributed by atoms with Gasteiger partial charge in [0.15, 0.2) is 0 Å². The molecule has 2 aromatic heterocycles. The van der Waals surface area contributed by atoms with Crippen molar-refractivity contribution in [2.75, 3.05) is 19.0 Å². The molecule has 0 aliphatic heterocycles. The minimum atomic E-state index is -4.40. The summed E-state index contributed by atoms with van der Waals surface area (Å²) in [5, 5.41) is 11.6. The molecule has 4 aromatic rings. The summed E-state index contributed by atoms with van der Waals surface area (Å²) in [6.45, 7) is 1.81. The molecular weight excluding hydrogens is 453 g/mol. The van der Waals surface area contributed by atoms with E-state index in [-0.39, 0.29) is 34.8 Å². The third-order valence-electron chi connectivity index (χ3n) is 5.35. The van der Waals surface area contributed by atoms with Crippen molar-refractivity contribution in [1.29, 1.82) is 0 Å². The predicted octanol–water partition coefficient (Wildman–Crippen LogP) is 4.93. The van der Waals surface area contributed by atoms with Gasteiger partial charge in [0.25, 0.3) is 0 Å². The number of aromatic hydroxyl groups is 1. The van der Waals surface area contributed by atoms with Crippen LogP contribution in [0.25, 0.3) is 16.6 Å². The normalized spacial score (nSPS) is 11.8. The lowest BCUT2D eigenvalue weighted by molar-refractivity contribution is -0.0328. The molecule has 0 aliphatic carbocycles. The Morgan fingerprint density at radius 1 is 1.09 bits per heavy atom. The highest BCUT2D eigenvalue weighted by atomic mass is 32.2. The zero-order chi connectivity index (χ0) is 23.9. The number of nitrogens with zero attached hydrogens (tertiary/aromatic N) is 4. The van der Waals surface area contributed by atoms with Crippen molar-refractivity contribution < 1.29 is 18.3 Å². The van der Waals surface area contributed by atoms with Crippen LogP contribution in [0.2, 0.25) is 0 Å². The van der Waals surface area contributed by atoms with E-state index in [4.69, 9.17) is 0 Å². The van der Waals surface area contributed by atoms with E-state index in [1.54, 1.807) is 13.1 Å². The van der Waals surface area contributed by atoms with Gasteiger partial charge in [-0.15, -0.1) is 0 Å². The first-order chi connectivity index (χ1) is 15.6. The third-order valence-corrected chi connectivity index (χ3v) is 6.09. The van der Waals surface area contributed by atoms with Crippen LogP contribution in [0.5, 0.6) is 5.88 Å². The average Bonchev–Trinajstić information content (AvgIpc) is 2.96. The van der Waals surface area contributed by atoms with Gasteiger partial charge in [-0.05, 0) is 49.0 Å². The van der Waals surface area contributed by atoms with Crippen molar-refractivity contribution in [2.24, 2.45) is 0 Å². The Bertz CT molecular complexity index is 1380. The molecule has 0 fully saturated rings. The first-order valence-electron chi connectivity index (χ1n) is 9.98. The molecule has 10 heteroatoms. The molecule has 0 saturated heterocycles. The number of alkyl halides is 3. The zero-order valence-corrected chi connectivity index (χ0v) is 18.9. The summed E-state index contributed by atoms with van der Waals surface area (Å²) < 4.78 is 40.4. The molecule has 0 radical (unpaired) electrons. The maximum absolute atomic E-state index is 13.3. The van der Waals surface area contributed by atoms with E-state index in [0.29, 0.717) is 5.69 Å². The second-order valence-electron chi connectivity index (χ2n) is 7.69. The predicted molar refractivity (Wildman–Crippen MR) is 124 cm³/mol. The van der Waals surface area contributed by atoms with Crippen LogP contribution in [0.4, 0.5) is 18.9 Å². The highest BCUT2D eigenvalue weighted by molar-refractivity contribution is 8.00. The lowest BCUT2D eigenvalue weighted by atomic mass is 10.1. The fourth-order valence-electron chi connectivity index (χ4n) is 3.75. The van der Waals surface area contributed by atoms with Crippen molar-refractivity contribution in [1.82, 2.24) is 14.1 Å². The molecule has 0 unspecified atom stereocenters. The number of para-hydroxylation sites is 1. The number of imidazole rings is 1.